The molecule has 48 valence electrons. The molecule has 0 rings (SSSR count). The van der Waals surface area contributed by atoms with Gasteiger partial charge < -0.3 is 10.2 Å². The summed E-state index contributed by atoms with van der Waals surface area (Å²) in [6.07, 6.45) is 2.96. The van der Waals surface area contributed by atoms with Crippen molar-refractivity contribution in [3.8, 4) is 0 Å². The Balaban J connectivity index is 3.39. The van der Waals surface area contributed by atoms with Crippen molar-refractivity contribution in [2.24, 2.45) is 5.73 Å². The smallest absolute Gasteiger partial charge is 0.241 e. The van der Waals surface area contributed by atoms with Crippen molar-refractivity contribution in [1.29, 1.82) is 0 Å². The Morgan fingerprint density at radius 1 is 1.38 bits per heavy atom. The molecule has 0 aromatic carbocycles. The molecule has 0 unspecified atom stereocenters. The lowest BCUT2D eigenvalue weighted by molar-refractivity contribution is 0.478. The van der Waals surface area contributed by atoms with Gasteiger partial charge in [-0.05, 0) is 19.6 Å². The molecule has 2 N–H and O–H groups in total. The molecule has 8 heavy (non-hydrogen) atoms. The Morgan fingerprint density at radius 3 is 2.00 bits per heavy atom. The van der Waals surface area contributed by atoms with Crippen molar-refractivity contribution in [3.05, 3.63) is 12.5 Å². The third-order valence-corrected chi connectivity index (χ3v) is 1.34. The van der Waals surface area contributed by atoms with E-state index in [1.165, 1.54) is 6.20 Å². The molecule has 0 aromatic heterocycles. The van der Waals surface area contributed by atoms with Gasteiger partial charge in [0.25, 0.3) is 0 Å². The van der Waals surface area contributed by atoms with Gasteiger partial charge in [-0.3, -0.25) is 0 Å². The van der Waals surface area contributed by atoms with Crippen molar-refractivity contribution in [2.75, 3.05) is 0 Å². The van der Waals surface area contributed by atoms with E-state index in [1.807, 2.05) is 0 Å². The standard InChI is InChI=1S/C5H13NOSi/c1-8(2,3)7-5-4-6/h4-5H,6H2,1-3H3. The van der Waals surface area contributed by atoms with E-state index in [1.54, 1.807) is 6.26 Å². The largest absolute Gasteiger partial charge is 0.548 e. The number of hydrogen-bond acceptors (Lipinski definition) is 2. The molecule has 2 nitrogen and oxygen atoms in total. The van der Waals surface area contributed by atoms with E-state index < -0.39 is 8.32 Å². The molecule has 0 aliphatic carbocycles. The van der Waals surface area contributed by atoms with Gasteiger partial charge in [0.05, 0.1) is 6.26 Å². The third kappa shape index (κ3) is 5.56. The summed E-state index contributed by atoms with van der Waals surface area (Å²) >= 11 is 0. The fourth-order valence-corrected chi connectivity index (χ4v) is 0.730. The minimum absolute atomic E-state index is 1.34. The van der Waals surface area contributed by atoms with E-state index in [9.17, 15) is 0 Å². The molecule has 0 aromatic rings. The Hall–Kier alpha value is -0.443. The molecule has 0 radical (unpaired) electrons. The lowest BCUT2D eigenvalue weighted by atomic mass is 11.0. The summed E-state index contributed by atoms with van der Waals surface area (Å²) < 4.78 is 5.21. The molecule has 0 bridgehead atoms. The van der Waals surface area contributed by atoms with Crippen LogP contribution in [-0.4, -0.2) is 8.32 Å². The zero-order chi connectivity index (χ0) is 6.62. The predicted molar refractivity (Wildman–Crippen MR) is 37.8 cm³/mol. The van der Waals surface area contributed by atoms with Gasteiger partial charge >= 0.3 is 0 Å². The van der Waals surface area contributed by atoms with Crippen LogP contribution in [0.3, 0.4) is 0 Å². The van der Waals surface area contributed by atoms with Crippen molar-refractivity contribution in [3.63, 3.8) is 0 Å². The molecule has 0 aliphatic heterocycles. The fraction of sp³-hybridized carbons (Fsp3) is 0.600. The highest BCUT2D eigenvalue weighted by atomic mass is 28.4. The van der Waals surface area contributed by atoms with Crippen molar-refractivity contribution >= 4 is 8.32 Å². The first-order valence-electron chi connectivity index (χ1n) is 2.61. The fourth-order valence-electron chi connectivity index (χ4n) is 0.243. The molecule has 0 saturated heterocycles. The summed E-state index contributed by atoms with van der Waals surface area (Å²) in [6.45, 7) is 6.31. The van der Waals surface area contributed by atoms with Gasteiger partial charge in [0.1, 0.15) is 0 Å². The molecular formula is C5H13NOSi. The van der Waals surface area contributed by atoms with Crippen LogP contribution in [0.15, 0.2) is 12.5 Å². The molecule has 3 heteroatoms. The zero-order valence-corrected chi connectivity index (χ0v) is 6.64. The maximum Gasteiger partial charge on any atom is 0.241 e. The van der Waals surface area contributed by atoms with Crippen LogP contribution in [0.5, 0.6) is 0 Å². The van der Waals surface area contributed by atoms with Gasteiger partial charge in [-0.15, -0.1) is 0 Å². The van der Waals surface area contributed by atoms with E-state index in [2.05, 4.69) is 19.6 Å². The monoisotopic (exact) mass is 131 g/mol. The second kappa shape index (κ2) is 2.77. The Bertz CT molecular complexity index is 84.9. The first kappa shape index (κ1) is 7.56. The van der Waals surface area contributed by atoms with Crippen molar-refractivity contribution < 1.29 is 4.43 Å². The average Bonchev–Trinajstić information content (AvgIpc) is 1.59. The lowest BCUT2D eigenvalue weighted by Crippen LogP contribution is -2.22. The second-order valence-corrected chi connectivity index (χ2v) is 7.02. The first-order valence-corrected chi connectivity index (χ1v) is 6.01. The predicted octanol–water partition coefficient (Wildman–Crippen LogP) is 1.27. The SMILES string of the molecule is C[Si](C)(C)OC=CN. The maximum atomic E-state index is 5.21. The minimum atomic E-state index is -1.34. The number of rotatable bonds is 2. The van der Waals surface area contributed by atoms with E-state index >= 15 is 0 Å². The van der Waals surface area contributed by atoms with Crippen LogP contribution in [-0.2, 0) is 4.43 Å². The normalized spacial score (nSPS) is 12.4. The van der Waals surface area contributed by atoms with E-state index in [4.69, 9.17) is 10.2 Å². The van der Waals surface area contributed by atoms with Gasteiger partial charge in [-0.25, -0.2) is 0 Å². The molecule has 0 saturated carbocycles. The van der Waals surface area contributed by atoms with Crippen LogP contribution in [0.2, 0.25) is 19.6 Å². The van der Waals surface area contributed by atoms with Crippen LogP contribution >= 0.6 is 0 Å². The topological polar surface area (TPSA) is 35.2 Å². The summed E-state index contributed by atoms with van der Waals surface area (Å²) in [7, 11) is -1.34. The quantitative estimate of drug-likeness (QED) is 0.452. The molecule has 0 atom stereocenters. The summed E-state index contributed by atoms with van der Waals surface area (Å²) in [6, 6.07) is 0. The Kier molecular flexibility index (Phi) is 2.61. The summed E-state index contributed by atoms with van der Waals surface area (Å²) in [5, 5.41) is 0. The van der Waals surface area contributed by atoms with Gasteiger partial charge in [0.2, 0.25) is 8.32 Å². The Labute approximate surface area is 51.5 Å². The maximum absolute atomic E-state index is 5.21. The lowest BCUT2D eigenvalue weighted by Gasteiger charge is -2.13. The van der Waals surface area contributed by atoms with Crippen molar-refractivity contribution in [1.82, 2.24) is 0 Å². The molecule has 0 amide bonds. The van der Waals surface area contributed by atoms with E-state index in [-0.39, 0.29) is 0 Å². The average molecular weight is 131 g/mol. The summed E-state index contributed by atoms with van der Waals surface area (Å²) in [5.41, 5.74) is 5.05. The molecule has 0 heterocycles. The van der Waals surface area contributed by atoms with Crippen LogP contribution < -0.4 is 5.73 Å². The van der Waals surface area contributed by atoms with Gasteiger partial charge in [0, 0.05) is 6.20 Å². The van der Waals surface area contributed by atoms with Crippen LogP contribution in [0.4, 0.5) is 0 Å². The first-order chi connectivity index (χ1) is 3.56. The summed E-state index contributed by atoms with van der Waals surface area (Å²) in [5.74, 6) is 0. The van der Waals surface area contributed by atoms with Crippen molar-refractivity contribution in [2.45, 2.75) is 19.6 Å². The molecular weight excluding hydrogens is 118 g/mol. The zero-order valence-electron chi connectivity index (χ0n) is 5.64. The number of hydrogen-bond donors (Lipinski definition) is 1. The second-order valence-electron chi connectivity index (χ2n) is 2.56. The van der Waals surface area contributed by atoms with Gasteiger partial charge in [-0.2, -0.15) is 0 Å². The van der Waals surface area contributed by atoms with Crippen LogP contribution in [0.1, 0.15) is 0 Å². The minimum Gasteiger partial charge on any atom is -0.548 e. The highest BCUT2D eigenvalue weighted by Crippen LogP contribution is 2.01. The van der Waals surface area contributed by atoms with E-state index in [0.29, 0.717) is 0 Å². The Morgan fingerprint density at radius 2 is 1.88 bits per heavy atom. The van der Waals surface area contributed by atoms with E-state index in [0.717, 1.165) is 0 Å². The highest BCUT2D eigenvalue weighted by Gasteiger charge is 2.12. The summed E-state index contributed by atoms with van der Waals surface area (Å²) in [4.78, 5) is 0. The highest BCUT2D eigenvalue weighted by molar-refractivity contribution is 6.69. The van der Waals surface area contributed by atoms with Gasteiger partial charge in [0.15, 0.2) is 0 Å². The molecule has 0 spiro atoms. The third-order valence-electron chi connectivity index (χ3n) is 0.500. The number of nitrogens with two attached hydrogens (primary N) is 1. The van der Waals surface area contributed by atoms with Crippen LogP contribution in [0.25, 0.3) is 0 Å². The molecule has 0 fully saturated rings. The molecule has 0 aliphatic rings. The van der Waals surface area contributed by atoms with Crippen LogP contribution in [0, 0.1) is 0 Å². The van der Waals surface area contributed by atoms with Gasteiger partial charge in [-0.1, -0.05) is 0 Å².